The molecule has 1 heterocycles. The average molecular weight is 399 g/mol. The lowest BCUT2D eigenvalue weighted by molar-refractivity contribution is 0.0600. The highest BCUT2D eigenvalue weighted by molar-refractivity contribution is 7.80. The smallest absolute Gasteiger partial charge is 0.337 e. The number of methoxy groups -OCH3 is 1. The highest BCUT2D eigenvalue weighted by Crippen LogP contribution is 2.32. The minimum Gasteiger partial charge on any atom is -0.465 e. The van der Waals surface area contributed by atoms with Crippen molar-refractivity contribution in [2.24, 2.45) is 0 Å². The fraction of sp³-hybridized carbons (Fsp3) is 0.364. The molecule has 2 aromatic carbocycles. The highest BCUT2D eigenvalue weighted by Gasteiger charge is 2.20. The summed E-state index contributed by atoms with van der Waals surface area (Å²) in [5.74, 6) is -0.280. The van der Waals surface area contributed by atoms with Gasteiger partial charge >= 0.3 is 5.97 Å². The van der Waals surface area contributed by atoms with Crippen LogP contribution in [0.1, 0.15) is 46.9 Å². The Kier molecular flexibility index (Phi) is 6.62. The predicted octanol–water partition coefficient (Wildman–Crippen LogP) is 4.55. The first-order valence-corrected chi connectivity index (χ1v) is 10.1. The fourth-order valence-electron chi connectivity index (χ4n) is 3.55. The molecule has 0 unspecified atom stereocenters. The molecule has 148 valence electrons. The molecule has 1 aliphatic rings. The molecule has 0 atom stereocenters. The summed E-state index contributed by atoms with van der Waals surface area (Å²) >= 11 is 4.65. The maximum absolute atomic E-state index is 12.7. The summed E-state index contributed by atoms with van der Waals surface area (Å²) < 4.78 is 4.75. The number of carbonyl (C=O) groups is 2. The first-order valence-electron chi connectivity index (χ1n) is 9.63. The van der Waals surface area contributed by atoms with E-state index in [-0.39, 0.29) is 11.9 Å². The number of piperidine rings is 1. The summed E-state index contributed by atoms with van der Waals surface area (Å²) in [6.45, 7) is 4.44. The van der Waals surface area contributed by atoms with E-state index in [9.17, 15) is 9.59 Å². The molecule has 2 aromatic rings. The van der Waals surface area contributed by atoms with Crippen LogP contribution in [0.25, 0.3) is 0 Å². The number of hydrogen-bond acceptors (Lipinski definition) is 5. The van der Waals surface area contributed by atoms with Crippen molar-refractivity contribution in [3.05, 3.63) is 53.6 Å². The average Bonchev–Trinajstić information content (AvgIpc) is 2.75. The number of nitrogens with zero attached hydrogens (tertiary/aromatic N) is 2. The molecule has 0 aliphatic carbocycles. The van der Waals surface area contributed by atoms with Crippen LogP contribution in [0.15, 0.2) is 47.4 Å². The molecule has 0 aromatic heterocycles. The van der Waals surface area contributed by atoms with Crippen molar-refractivity contribution in [3.63, 3.8) is 0 Å². The van der Waals surface area contributed by atoms with E-state index >= 15 is 0 Å². The summed E-state index contributed by atoms with van der Waals surface area (Å²) in [5, 5.41) is 0. The number of esters is 1. The van der Waals surface area contributed by atoms with Gasteiger partial charge in [-0.25, -0.2) is 4.79 Å². The lowest BCUT2D eigenvalue weighted by atomic mass is 10.1. The van der Waals surface area contributed by atoms with E-state index in [0.717, 1.165) is 48.7 Å². The van der Waals surface area contributed by atoms with Crippen LogP contribution in [-0.2, 0) is 4.74 Å². The molecule has 0 N–H and O–H groups in total. The van der Waals surface area contributed by atoms with Crippen molar-refractivity contribution in [2.75, 3.05) is 31.6 Å². The zero-order valence-electron chi connectivity index (χ0n) is 16.4. The fourth-order valence-corrected chi connectivity index (χ4v) is 3.89. The Morgan fingerprint density at radius 3 is 2.25 bits per heavy atom. The number of carbonyl (C=O) groups excluding carboxylic acids is 2. The molecule has 6 heteroatoms. The summed E-state index contributed by atoms with van der Waals surface area (Å²) in [6.07, 6.45) is 3.34. The van der Waals surface area contributed by atoms with Crippen LogP contribution in [0.2, 0.25) is 0 Å². The molecule has 1 fully saturated rings. The van der Waals surface area contributed by atoms with Crippen molar-refractivity contribution >= 4 is 35.9 Å². The van der Waals surface area contributed by atoms with Crippen molar-refractivity contribution in [1.82, 2.24) is 4.90 Å². The molecule has 0 bridgehead atoms. The summed E-state index contributed by atoms with van der Waals surface area (Å²) in [5.41, 5.74) is 3.05. The Labute approximate surface area is 171 Å². The number of hydrogen-bond donors (Lipinski definition) is 1. The lowest BCUT2D eigenvalue weighted by Crippen LogP contribution is -2.35. The zero-order valence-corrected chi connectivity index (χ0v) is 17.2. The third kappa shape index (κ3) is 4.33. The molecular formula is C22H26N2O3S. The molecule has 1 amide bonds. The summed E-state index contributed by atoms with van der Waals surface area (Å²) in [4.78, 5) is 29.1. The van der Waals surface area contributed by atoms with Crippen LogP contribution in [-0.4, -0.2) is 43.5 Å². The second-order valence-electron chi connectivity index (χ2n) is 6.84. The van der Waals surface area contributed by atoms with Gasteiger partial charge in [-0.15, -0.1) is 12.6 Å². The number of ether oxygens (including phenoxy) is 1. The molecule has 0 saturated carbocycles. The lowest BCUT2D eigenvalue weighted by Gasteiger charge is -2.28. The number of likely N-dealkylation sites (tertiary alicyclic amines) is 1. The van der Waals surface area contributed by atoms with Crippen molar-refractivity contribution in [3.8, 4) is 0 Å². The van der Waals surface area contributed by atoms with E-state index in [1.807, 2.05) is 42.2 Å². The van der Waals surface area contributed by atoms with Gasteiger partial charge in [0.25, 0.3) is 5.91 Å². The highest BCUT2D eigenvalue weighted by atomic mass is 32.1. The first kappa shape index (κ1) is 20.3. The SMILES string of the molecule is CCN(c1ccc(C(=O)OC)cc1)c1ccc(C(=O)N2CCCCC2)cc1S. The van der Waals surface area contributed by atoms with Gasteiger partial charge in [-0.1, -0.05) is 0 Å². The van der Waals surface area contributed by atoms with Crippen LogP contribution < -0.4 is 4.90 Å². The van der Waals surface area contributed by atoms with E-state index < -0.39 is 0 Å². The minimum absolute atomic E-state index is 0.0760. The Hall–Kier alpha value is -2.47. The molecule has 0 spiro atoms. The Morgan fingerprint density at radius 1 is 1.04 bits per heavy atom. The standard InChI is InChI=1S/C22H26N2O3S/c1-3-24(18-10-7-16(8-11-18)22(26)27-2)19-12-9-17(15-20(19)28)21(25)23-13-5-4-6-14-23/h7-12,15,28H,3-6,13-14H2,1-2H3. The monoisotopic (exact) mass is 398 g/mol. The maximum atomic E-state index is 12.7. The van der Waals surface area contributed by atoms with E-state index in [0.29, 0.717) is 11.1 Å². The van der Waals surface area contributed by atoms with Crippen LogP contribution in [0.5, 0.6) is 0 Å². The van der Waals surface area contributed by atoms with Gasteiger partial charge in [-0.3, -0.25) is 4.79 Å². The van der Waals surface area contributed by atoms with Gasteiger partial charge in [0.15, 0.2) is 0 Å². The Balaban J connectivity index is 1.83. The predicted molar refractivity (Wildman–Crippen MR) is 114 cm³/mol. The largest absolute Gasteiger partial charge is 0.465 e. The molecule has 1 saturated heterocycles. The van der Waals surface area contributed by atoms with Gasteiger partial charge in [0.1, 0.15) is 0 Å². The van der Waals surface area contributed by atoms with Gasteiger partial charge in [-0.05, 0) is 68.7 Å². The zero-order chi connectivity index (χ0) is 20.1. The van der Waals surface area contributed by atoms with E-state index in [1.54, 1.807) is 12.1 Å². The second-order valence-corrected chi connectivity index (χ2v) is 7.32. The molecular weight excluding hydrogens is 372 g/mol. The van der Waals surface area contributed by atoms with Gasteiger partial charge in [0.2, 0.25) is 0 Å². The van der Waals surface area contributed by atoms with Crippen molar-refractivity contribution in [1.29, 1.82) is 0 Å². The Morgan fingerprint density at radius 2 is 1.68 bits per heavy atom. The molecule has 5 nitrogen and oxygen atoms in total. The van der Waals surface area contributed by atoms with Crippen LogP contribution in [0.4, 0.5) is 11.4 Å². The quantitative estimate of drug-likeness (QED) is 0.593. The van der Waals surface area contributed by atoms with Gasteiger partial charge in [-0.2, -0.15) is 0 Å². The summed E-state index contributed by atoms with van der Waals surface area (Å²) in [7, 11) is 1.37. The maximum Gasteiger partial charge on any atom is 0.337 e. The normalized spacial score (nSPS) is 13.9. The van der Waals surface area contributed by atoms with Gasteiger partial charge in [0.05, 0.1) is 18.4 Å². The van der Waals surface area contributed by atoms with Gasteiger partial charge < -0.3 is 14.5 Å². The topological polar surface area (TPSA) is 49.9 Å². The number of anilines is 2. The molecule has 1 aliphatic heterocycles. The number of amides is 1. The second kappa shape index (κ2) is 9.15. The minimum atomic E-state index is -0.356. The number of rotatable bonds is 5. The Bertz CT molecular complexity index is 845. The van der Waals surface area contributed by atoms with Crippen molar-refractivity contribution in [2.45, 2.75) is 31.1 Å². The number of thiol groups is 1. The molecule has 0 radical (unpaired) electrons. The number of benzene rings is 2. The van der Waals surface area contributed by atoms with E-state index in [1.165, 1.54) is 13.5 Å². The van der Waals surface area contributed by atoms with Crippen LogP contribution in [0, 0.1) is 0 Å². The van der Waals surface area contributed by atoms with E-state index in [4.69, 9.17) is 4.74 Å². The first-order chi connectivity index (χ1) is 13.5. The summed E-state index contributed by atoms with van der Waals surface area (Å²) in [6, 6.07) is 12.9. The third-order valence-corrected chi connectivity index (χ3v) is 5.43. The molecule has 28 heavy (non-hydrogen) atoms. The van der Waals surface area contributed by atoms with Gasteiger partial charge in [0, 0.05) is 35.8 Å². The van der Waals surface area contributed by atoms with Crippen LogP contribution >= 0.6 is 12.6 Å². The third-order valence-electron chi connectivity index (χ3n) is 5.07. The molecule has 3 rings (SSSR count). The van der Waals surface area contributed by atoms with E-state index in [2.05, 4.69) is 17.5 Å². The van der Waals surface area contributed by atoms with Crippen LogP contribution in [0.3, 0.4) is 0 Å². The van der Waals surface area contributed by atoms with Crippen molar-refractivity contribution < 1.29 is 14.3 Å².